The minimum absolute atomic E-state index is 0.202. The van der Waals surface area contributed by atoms with Gasteiger partial charge in [0.25, 0.3) is 23.6 Å². The van der Waals surface area contributed by atoms with Crippen molar-refractivity contribution in [1.29, 1.82) is 0 Å². The molecule has 0 aromatic heterocycles. The molecule has 2 aromatic rings. The van der Waals surface area contributed by atoms with Crippen LogP contribution in [0.15, 0.2) is 48.5 Å². The van der Waals surface area contributed by atoms with Gasteiger partial charge in [0.1, 0.15) is 11.5 Å². The molecule has 168 valence electrons. The summed E-state index contributed by atoms with van der Waals surface area (Å²) in [4.78, 5) is 51.0. The van der Waals surface area contributed by atoms with Gasteiger partial charge in [0.2, 0.25) is 0 Å². The van der Waals surface area contributed by atoms with Crippen LogP contribution in [0, 0.1) is 0 Å². The summed E-state index contributed by atoms with van der Waals surface area (Å²) in [6.45, 7) is 0.857. The van der Waals surface area contributed by atoms with Crippen LogP contribution >= 0.6 is 0 Å². The second-order valence-electron chi connectivity index (χ2n) is 7.06. The first-order valence-corrected chi connectivity index (χ1v) is 9.95. The molecule has 3 rings (SSSR count). The second-order valence-corrected chi connectivity index (χ2v) is 7.06. The summed E-state index contributed by atoms with van der Waals surface area (Å²) in [6, 6.07) is 12.9. The monoisotopic (exact) mass is 440 g/mol. The third-order valence-electron chi connectivity index (χ3n) is 4.99. The molecule has 0 spiro atoms. The number of carbonyl (C=O) groups is 4. The van der Waals surface area contributed by atoms with Gasteiger partial charge in [0.05, 0.1) is 11.1 Å². The van der Waals surface area contributed by atoms with E-state index in [2.05, 4.69) is 0 Å². The van der Waals surface area contributed by atoms with Crippen LogP contribution in [-0.2, 0) is 9.59 Å². The average molecular weight is 440 g/mol. The number of benzene rings is 2. The van der Waals surface area contributed by atoms with Crippen molar-refractivity contribution >= 4 is 23.6 Å². The summed E-state index contributed by atoms with van der Waals surface area (Å²) in [6.07, 6.45) is 0. The first-order valence-electron chi connectivity index (χ1n) is 9.95. The first kappa shape index (κ1) is 22.6. The Balaban J connectivity index is 1.46. The first-order chi connectivity index (χ1) is 15.4. The van der Waals surface area contributed by atoms with Crippen LogP contribution in [0.4, 0.5) is 0 Å². The van der Waals surface area contributed by atoms with E-state index in [4.69, 9.17) is 20.9 Å². The molecule has 1 aliphatic rings. The van der Waals surface area contributed by atoms with Gasteiger partial charge in [-0.05, 0) is 24.3 Å². The Morgan fingerprint density at radius 3 is 1.34 bits per heavy atom. The highest BCUT2D eigenvalue weighted by molar-refractivity contribution is 5.96. The second kappa shape index (κ2) is 10.3. The lowest BCUT2D eigenvalue weighted by Crippen LogP contribution is -2.52. The van der Waals surface area contributed by atoms with Gasteiger partial charge in [-0.25, -0.2) is 0 Å². The molecule has 1 heterocycles. The summed E-state index contributed by atoms with van der Waals surface area (Å²) < 4.78 is 11.0. The van der Waals surface area contributed by atoms with Crippen molar-refractivity contribution in [3.05, 3.63) is 59.7 Å². The Kier molecular flexibility index (Phi) is 7.27. The maximum Gasteiger partial charge on any atom is 0.260 e. The van der Waals surface area contributed by atoms with Gasteiger partial charge in [-0.15, -0.1) is 0 Å². The van der Waals surface area contributed by atoms with E-state index in [0.29, 0.717) is 26.2 Å². The summed E-state index contributed by atoms with van der Waals surface area (Å²) in [5, 5.41) is 0. The fourth-order valence-corrected chi connectivity index (χ4v) is 3.26. The highest BCUT2D eigenvalue weighted by atomic mass is 16.5. The van der Waals surface area contributed by atoms with Crippen LogP contribution in [0.25, 0.3) is 0 Å². The number of nitrogens with two attached hydrogens (primary N) is 2. The number of ether oxygens (including phenoxy) is 2. The molecule has 1 saturated heterocycles. The Hall–Kier alpha value is -4.08. The maximum atomic E-state index is 12.5. The Morgan fingerprint density at radius 1 is 0.656 bits per heavy atom. The number of rotatable bonds is 8. The molecule has 2 aromatic carbocycles. The quantitative estimate of drug-likeness (QED) is 0.592. The SMILES string of the molecule is NC(=O)c1ccccc1OCC(=O)N1CCN(C(=O)COc2ccccc2C(N)=O)CC1. The molecule has 0 saturated carbocycles. The smallest absolute Gasteiger partial charge is 0.260 e. The van der Waals surface area contributed by atoms with Gasteiger partial charge in [-0.3, -0.25) is 19.2 Å². The van der Waals surface area contributed by atoms with Gasteiger partial charge in [0.15, 0.2) is 13.2 Å². The molecule has 0 bridgehead atoms. The van der Waals surface area contributed by atoms with Crippen molar-refractivity contribution in [3.63, 3.8) is 0 Å². The van der Waals surface area contributed by atoms with Gasteiger partial charge < -0.3 is 30.7 Å². The number of piperazine rings is 1. The zero-order valence-electron chi connectivity index (χ0n) is 17.4. The van der Waals surface area contributed by atoms with Crippen LogP contribution in [-0.4, -0.2) is 72.8 Å². The summed E-state index contributed by atoms with van der Waals surface area (Å²) >= 11 is 0. The molecule has 4 amide bonds. The number of amides is 4. The number of primary amides is 2. The van der Waals surface area contributed by atoms with E-state index in [1.54, 1.807) is 46.2 Å². The molecular weight excluding hydrogens is 416 g/mol. The molecule has 1 fully saturated rings. The van der Waals surface area contributed by atoms with E-state index in [0.717, 1.165) is 0 Å². The van der Waals surface area contributed by atoms with Gasteiger partial charge in [0, 0.05) is 26.2 Å². The normalized spacial score (nSPS) is 13.4. The van der Waals surface area contributed by atoms with E-state index in [-0.39, 0.29) is 47.7 Å². The predicted molar refractivity (Wildman–Crippen MR) is 114 cm³/mol. The molecule has 32 heavy (non-hydrogen) atoms. The van der Waals surface area contributed by atoms with E-state index in [9.17, 15) is 19.2 Å². The molecule has 0 unspecified atom stereocenters. The molecular formula is C22H24N4O6. The highest BCUT2D eigenvalue weighted by Crippen LogP contribution is 2.18. The van der Waals surface area contributed by atoms with Crippen molar-refractivity contribution in [1.82, 2.24) is 9.80 Å². The van der Waals surface area contributed by atoms with Crippen molar-refractivity contribution in [3.8, 4) is 11.5 Å². The largest absolute Gasteiger partial charge is 0.483 e. The molecule has 10 nitrogen and oxygen atoms in total. The topological polar surface area (TPSA) is 145 Å². The lowest BCUT2D eigenvalue weighted by Gasteiger charge is -2.34. The standard InChI is InChI=1S/C22H24N4O6/c23-21(29)15-5-1-3-7-17(15)31-13-19(27)25-9-11-26(12-10-25)20(28)14-32-18-8-4-2-6-16(18)22(24)30/h1-8H,9-14H2,(H2,23,29)(H2,24,30). The van der Waals surface area contributed by atoms with Crippen molar-refractivity contribution in [2.45, 2.75) is 0 Å². The van der Waals surface area contributed by atoms with Crippen molar-refractivity contribution in [2.75, 3.05) is 39.4 Å². The van der Waals surface area contributed by atoms with Crippen LogP contribution in [0.1, 0.15) is 20.7 Å². The van der Waals surface area contributed by atoms with Gasteiger partial charge >= 0.3 is 0 Å². The minimum atomic E-state index is -0.638. The minimum Gasteiger partial charge on any atom is -0.483 e. The molecule has 0 aliphatic carbocycles. The van der Waals surface area contributed by atoms with Crippen molar-refractivity contribution < 1.29 is 28.7 Å². The van der Waals surface area contributed by atoms with E-state index >= 15 is 0 Å². The molecule has 0 radical (unpaired) electrons. The van der Waals surface area contributed by atoms with Crippen LogP contribution in [0.3, 0.4) is 0 Å². The zero-order chi connectivity index (χ0) is 23.1. The maximum absolute atomic E-state index is 12.5. The van der Waals surface area contributed by atoms with Crippen LogP contribution in [0.2, 0.25) is 0 Å². The van der Waals surface area contributed by atoms with Gasteiger partial charge in [-0.1, -0.05) is 24.3 Å². The predicted octanol–water partition coefficient (Wildman–Crippen LogP) is 0.0130. The van der Waals surface area contributed by atoms with Crippen molar-refractivity contribution in [2.24, 2.45) is 11.5 Å². The third-order valence-corrected chi connectivity index (χ3v) is 4.99. The van der Waals surface area contributed by atoms with Crippen LogP contribution < -0.4 is 20.9 Å². The summed E-state index contributed by atoms with van der Waals surface area (Å²) in [5.74, 6) is -1.31. The van der Waals surface area contributed by atoms with E-state index in [1.807, 2.05) is 0 Å². The number of nitrogens with zero attached hydrogens (tertiary/aromatic N) is 2. The number of hydrogen-bond donors (Lipinski definition) is 2. The fourth-order valence-electron chi connectivity index (χ4n) is 3.26. The third kappa shape index (κ3) is 5.54. The molecule has 10 heteroatoms. The molecule has 1 aliphatic heterocycles. The van der Waals surface area contributed by atoms with E-state index in [1.165, 1.54) is 12.1 Å². The fraction of sp³-hybridized carbons (Fsp3) is 0.273. The lowest BCUT2D eigenvalue weighted by molar-refractivity contribution is -0.141. The Labute approximate surface area is 184 Å². The number of para-hydroxylation sites is 2. The lowest BCUT2D eigenvalue weighted by atomic mass is 10.2. The van der Waals surface area contributed by atoms with Gasteiger partial charge in [-0.2, -0.15) is 0 Å². The highest BCUT2D eigenvalue weighted by Gasteiger charge is 2.25. The Bertz CT molecular complexity index is 935. The molecule has 0 atom stereocenters. The Morgan fingerprint density at radius 2 is 1.00 bits per heavy atom. The summed E-state index contributed by atoms with van der Waals surface area (Å²) in [5.41, 5.74) is 11.0. The van der Waals surface area contributed by atoms with E-state index < -0.39 is 11.8 Å². The number of hydrogen-bond acceptors (Lipinski definition) is 6. The zero-order valence-corrected chi connectivity index (χ0v) is 17.4. The molecule has 4 N–H and O–H groups in total. The number of carbonyl (C=O) groups excluding carboxylic acids is 4. The summed E-state index contributed by atoms with van der Waals surface area (Å²) in [7, 11) is 0. The average Bonchev–Trinajstić information content (AvgIpc) is 2.81. The van der Waals surface area contributed by atoms with Crippen LogP contribution in [0.5, 0.6) is 11.5 Å².